The first kappa shape index (κ1) is 31.0. The lowest BCUT2D eigenvalue weighted by atomic mass is 10.1. The number of nitrogens with zero attached hydrogens (tertiary/aromatic N) is 2. The fourth-order valence-electron chi connectivity index (χ4n) is 3.97. The van der Waals surface area contributed by atoms with Gasteiger partial charge in [-0.1, -0.05) is 54.4 Å². The number of anilines is 1. The van der Waals surface area contributed by atoms with Crippen LogP contribution in [0.15, 0.2) is 77.7 Å². The standard InChI is InChI=1S/C30H36ClN3O5S/c1-6-22(3)32-30(36)23(4)33(19-24-9-7-8-10-28(24)31)29(35)20-34(25-13-11-21(2)12-14-25)40(37,38)27-17-15-26(39-5)16-18-27/h7-18,22-23H,6,19-20H2,1-5H3,(H,32,36)/t22-,23-/m1/s1. The highest BCUT2D eigenvalue weighted by Gasteiger charge is 2.33. The van der Waals surface area contributed by atoms with Gasteiger partial charge in [0.15, 0.2) is 0 Å². The summed E-state index contributed by atoms with van der Waals surface area (Å²) < 4.78 is 34.0. The minimum Gasteiger partial charge on any atom is -0.497 e. The van der Waals surface area contributed by atoms with E-state index in [-0.39, 0.29) is 23.4 Å². The van der Waals surface area contributed by atoms with Crippen LogP contribution in [-0.4, -0.2) is 50.9 Å². The van der Waals surface area contributed by atoms with Gasteiger partial charge in [-0.15, -0.1) is 0 Å². The van der Waals surface area contributed by atoms with E-state index in [1.807, 2.05) is 20.8 Å². The van der Waals surface area contributed by atoms with Crippen LogP contribution < -0.4 is 14.4 Å². The zero-order valence-corrected chi connectivity index (χ0v) is 25.0. The maximum atomic E-state index is 14.0. The van der Waals surface area contributed by atoms with Crippen LogP contribution in [-0.2, 0) is 26.2 Å². The van der Waals surface area contributed by atoms with Crippen molar-refractivity contribution in [3.05, 3.63) is 88.9 Å². The molecule has 8 nitrogen and oxygen atoms in total. The smallest absolute Gasteiger partial charge is 0.264 e. The predicted molar refractivity (Wildman–Crippen MR) is 158 cm³/mol. The molecule has 214 valence electrons. The monoisotopic (exact) mass is 585 g/mol. The first-order chi connectivity index (χ1) is 19.0. The number of sulfonamides is 1. The zero-order valence-electron chi connectivity index (χ0n) is 23.4. The van der Waals surface area contributed by atoms with Crippen molar-refractivity contribution in [2.24, 2.45) is 0 Å². The predicted octanol–water partition coefficient (Wildman–Crippen LogP) is 5.18. The van der Waals surface area contributed by atoms with Crippen LogP contribution in [0, 0.1) is 6.92 Å². The molecule has 3 aromatic carbocycles. The number of ether oxygens (including phenoxy) is 1. The third-order valence-corrected chi connectivity index (χ3v) is 8.87. The molecule has 0 saturated carbocycles. The second-order valence-electron chi connectivity index (χ2n) is 9.63. The zero-order chi connectivity index (χ0) is 29.4. The fourth-order valence-corrected chi connectivity index (χ4v) is 5.58. The molecule has 40 heavy (non-hydrogen) atoms. The number of halogens is 1. The van der Waals surface area contributed by atoms with E-state index in [1.54, 1.807) is 67.6 Å². The highest BCUT2D eigenvalue weighted by atomic mass is 35.5. The molecule has 0 aliphatic rings. The summed E-state index contributed by atoms with van der Waals surface area (Å²) in [6.45, 7) is 6.85. The number of nitrogens with one attached hydrogen (secondary N) is 1. The summed E-state index contributed by atoms with van der Waals surface area (Å²) in [6.07, 6.45) is 0.720. The number of hydrogen-bond acceptors (Lipinski definition) is 5. The molecular weight excluding hydrogens is 550 g/mol. The Hall–Kier alpha value is -3.56. The summed E-state index contributed by atoms with van der Waals surface area (Å²) in [5, 5.41) is 3.35. The fraction of sp³-hybridized carbons (Fsp3) is 0.333. The quantitative estimate of drug-likeness (QED) is 0.316. The summed E-state index contributed by atoms with van der Waals surface area (Å²) in [6, 6.07) is 18.9. The van der Waals surface area contributed by atoms with E-state index in [9.17, 15) is 18.0 Å². The molecule has 0 fully saturated rings. The third kappa shape index (κ3) is 7.55. The molecule has 0 saturated heterocycles. The van der Waals surface area contributed by atoms with Crippen LogP contribution in [0.25, 0.3) is 0 Å². The first-order valence-corrected chi connectivity index (χ1v) is 14.9. The van der Waals surface area contributed by atoms with E-state index in [0.717, 1.165) is 16.3 Å². The number of carbonyl (C=O) groups is 2. The highest BCUT2D eigenvalue weighted by Crippen LogP contribution is 2.27. The van der Waals surface area contributed by atoms with Gasteiger partial charge in [0.2, 0.25) is 11.8 Å². The lowest BCUT2D eigenvalue weighted by Gasteiger charge is -2.32. The van der Waals surface area contributed by atoms with Gasteiger partial charge in [-0.2, -0.15) is 0 Å². The van der Waals surface area contributed by atoms with Crippen LogP contribution in [0.5, 0.6) is 5.75 Å². The second kappa shape index (κ2) is 13.7. The maximum absolute atomic E-state index is 14.0. The van der Waals surface area contributed by atoms with Crippen molar-refractivity contribution in [1.29, 1.82) is 0 Å². The number of benzene rings is 3. The SMILES string of the molecule is CC[C@@H](C)NC(=O)[C@@H](C)N(Cc1ccccc1Cl)C(=O)CN(c1ccc(C)cc1)S(=O)(=O)c1ccc(OC)cc1. The van der Waals surface area contributed by atoms with E-state index in [2.05, 4.69) is 5.32 Å². The average Bonchev–Trinajstić information content (AvgIpc) is 2.95. The number of hydrogen-bond donors (Lipinski definition) is 1. The van der Waals surface area contributed by atoms with Crippen LogP contribution in [0.2, 0.25) is 5.02 Å². The van der Waals surface area contributed by atoms with Gasteiger partial charge in [-0.05, 0) is 75.2 Å². The molecule has 0 bridgehead atoms. The lowest BCUT2D eigenvalue weighted by Crippen LogP contribution is -2.52. The number of aryl methyl sites for hydroxylation is 1. The Kier molecular flexibility index (Phi) is 10.6. The van der Waals surface area contributed by atoms with Crippen molar-refractivity contribution in [2.75, 3.05) is 18.0 Å². The number of carbonyl (C=O) groups excluding carboxylic acids is 2. The van der Waals surface area contributed by atoms with Gasteiger partial charge in [-0.25, -0.2) is 8.42 Å². The van der Waals surface area contributed by atoms with Crippen molar-refractivity contribution in [3.8, 4) is 5.75 Å². The van der Waals surface area contributed by atoms with Crippen LogP contribution >= 0.6 is 11.6 Å². The summed E-state index contributed by atoms with van der Waals surface area (Å²) in [7, 11) is -2.67. The van der Waals surface area contributed by atoms with Gasteiger partial charge in [0.25, 0.3) is 10.0 Å². The van der Waals surface area contributed by atoms with Crippen LogP contribution in [0.4, 0.5) is 5.69 Å². The Bertz CT molecular complexity index is 1410. The largest absolute Gasteiger partial charge is 0.497 e. The van der Waals surface area contributed by atoms with E-state index in [1.165, 1.54) is 24.1 Å². The molecule has 0 aliphatic carbocycles. The first-order valence-electron chi connectivity index (χ1n) is 13.0. The number of rotatable bonds is 12. The lowest BCUT2D eigenvalue weighted by molar-refractivity contribution is -0.139. The molecule has 3 rings (SSSR count). The van der Waals surface area contributed by atoms with Gasteiger partial charge in [0.1, 0.15) is 18.3 Å². The van der Waals surface area contributed by atoms with Crippen molar-refractivity contribution < 1.29 is 22.7 Å². The van der Waals surface area contributed by atoms with E-state index in [0.29, 0.717) is 22.0 Å². The normalized spacial score (nSPS) is 12.8. The Labute approximate surface area is 241 Å². The Morgan fingerprint density at radius 1 is 0.975 bits per heavy atom. The van der Waals surface area contributed by atoms with Gasteiger partial charge in [0, 0.05) is 17.6 Å². The Morgan fingerprint density at radius 2 is 1.60 bits per heavy atom. The Morgan fingerprint density at radius 3 is 2.17 bits per heavy atom. The molecular formula is C30H36ClN3O5S. The maximum Gasteiger partial charge on any atom is 0.264 e. The molecule has 0 spiro atoms. The summed E-state index contributed by atoms with van der Waals surface area (Å²) in [5.41, 5.74) is 1.90. The van der Waals surface area contributed by atoms with E-state index in [4.69, 9.17) is 16.3 Å². The molecule has 2 amide bonds. The molecule has 3 aromatic rings. The summed E-state index contributed by atoms with van der Waals surface area (Å²) in [5.74, 6) is -0.386. The molecule has 1 N–H and O–H groups in total. The number of amides is 2. The molecule has 0 radical (unpaired) electrons. The van der Waals surface area contributed by atoms with Gasteiger partial charge >= 0.3 is 0 Å². The van der Waals surface area contributed by atoms with Gasteiger partial charge < -0.3 is 15.0 Å². The molecule has 0 heterocycles. The van der Waals surface area contributed by atoms with Crippen molar-refractivity contribution in [3.63, 3.8) is 0 Å². The third-order valence-electron chi connectivity index (χ3n) is 6.72. The average molecular weight is 586 g/mol. The van der Waals surface area contributed by atoms with Gasteiger partial charge in [0.05, 0.1) is 17.7 Å². The minimum absolute atomic E-state index is 0.00175. The summed E-state index contributed by atoms with van der Waals surface area (Å²) >= 11 is 6.40. The second-order valence-corrected chi connectivity index (χ2v) is 11.9. The van der Waals surface area contributed by atoms with Crippen molar-refractivity contribution in [2.45, 2.75) is 57.6 Å². The topological polar surface area (TPSA) is 96.0 Å². The molecule has 0 aromatic heterocycles. The molecule has 10 heteroatoms. The minimum atomic E-state index is -4.17. The molecule has 0 unspecified atom stereocenters. The van der Waals surface area contributed by atoms with E-state index >= 15 is 0 Å². The van der Waals surface area contributed by atoms with Gasteiger partial charge in [-0.3, -0.25) is 13.9 Å². The van der Waals surface area contributed by atoms with Crippen LogP contribution in [0.1, 0.15) is 38.3 Å². The highest BCUT2D eigenvalue weighted by molar-refractivity contribution is 7.92. The van der Waals surface area contributed by atoms with Crippen LogP contribution in [0.3, 0.4) is 0 Å². The summed E-state index contributed by atoms with van der Waals surface area (Å²) in [4.78, 5) is 28.5. The molecule has 0 aliphatic heterocycles. The van der Waals surface area contributed by atoms with Crippen molar-refractivity contribution in [1.82, 2.24) is 10.2 Å². The van der Waals surface area contributed by atoms with Crippen molar-refractivity contribution >= 4 is 39.1 Å². The van der Waals surface area contributed by atoms with E-state index < -0.39 is 28.5 Å². The Balaban J connectivity index is 2.03. The number of methoxy groups -OCH3 is 1. The molecule has 2 atom stereocenters.